The van der Waals surface area contributed by atoms with Crippen LogP contribution in [0.25, 0.3) is 6.08 Å². The number of ether oxygens (including phenoxy) is 1. The highest BCUT2D eigenvalue weighted by atomic mass is 32.1. The number of fused-ring (bicyclic) bond motifs is 1. The van der Waals surface area contributed by atoms with Gasteiger partial charge in [0.2, 0.25) is 5.11 Å². The minimum Gasteiger partial charge on any atom is -0.410 e. The molecule has 2 aromatic rings. The first kappa shape index (κ1) is 14.9. The van der Waals surface area contributed by atoms with E-state index < -0.39 is 6.09 Å². The maximum Gasteiger partial charge on any atom is 0.418 e. The van der Waals surface area contributed by atoms with E-state index >= 15 is 0 Å². The van der Waals surface area contributed by atoms with Crippen molar-refractivity contribution in [1.29, 1.82) is 0 Å². The molecule has 1 amide bonds. The van der Waals surface area contributed by atoms with Gasteiger partial charge in [0, 0.05) is 11.8 Å². The van der Waals surface area contributed by atoms with Gasteiger partial charge in [-0.15, -0.1) is 0 Å². The molecule has 0 saturated heterocycles. The number of benzene rings is 2. The van der Waals surface area contributed by atoms with E-state index in [-0.39, 0.29) is 5.11 Å². The number of carbonyl (C=O) groups excluding carboxylic acids is 1. The minimum atomic E-state index is -0.661. The van der Waals surface area contributed by atoms with E-state index in [2.05, 4.69) is 10.4 Å². The van der Waals surface area contributed by atoms with Gasteiger partial charge in [-0.1, -0.05) is 42.5 Å². The van der Waals surface area contributed by atoms with E-state index in [1.165, 1.54) is 5.01 Å². The maximum absolute atomic E-state index is 11.9. The topological polar surface area (TPSA) is 53.9 Å². The van der Waals surface area contributed by atoms with Crippen LogP contribution in [-0.4, -0.2) is 17.4 Å². The molecule has 6 heteroatoms. The first-order chi connectivity index (χ1) is 11.2. The van der Waals surface area contributed by atoms with E-state index in [1.54, 1.807) is 30.5 Å². The maximum atomic E-state index is 11.9. The van der Waals surface area contributed by atoms with Crippen molar-refractivity contribution in [1.82, 2.24) is 5.32 Å². The average molecular weight is 323 g/mol. The monoisotopic (exact) mass is 323 g/mol. The summed E-state index contributed by atoms with van der Waals surface area (Å²) < 4.78 is 5.16. The molecule has 23 heavy (non-hydrogen) atoms. The first-order valence-electron chi connectivity index (χ1n) is 6.92. The Morgan fingerprint density at radius 1 is 1.09 bits per heavy atom. The van der Waals surface area contributed by atoms with Gasteiger partial charge in [-0.3, -0.25) is 5.32 Å². The van der Waals surface area contributed by atoms with Crippen LogP contribution in [0.15, 0.2) is 65.8 Å². The van der Waals surface area contributed by atoms with Gasteiger partial charge in [0.15, 0.2) is 0 Å². The third kappa shape index (κ3) is 3.61. The Labute approximate surface area is 138 Å². The van der Waals surface area contributed by atoms with Crippen molar-refractivity contribution in [3.05, 3.63) is 66.2 Å². The lowest BCUT2D eigenvalue weighted by Crippen LogP contribution is -2.41. The Hall–Kier alpha value is -2.99. The lowest BCUT2D eigenvalue weighted by atomic mass is 10.1. The number of carbonyl (C=O) groups is 1. The number of thiocarbonyl (C=S) groups is 1. The molecule has 114 valence electrons. The standard InChI is InChI=1S/C17H13N3O2S/c21-17(22-14-9-2-1-3-10-14)19-16(23)20-15-11-5-4-7-13(15)8-6-12-18-20/h1-12H,(H,19,21,23). The van der Waals surface area contributed by atoms with Crippen molar-refractivity contribution < 1.29 is 9.53 Å². The lowest BCUT2D eigenvalue weighted by molar-refractivity contribution is 0.206. The Kier molecular flexibility index (Phi) is 4.44. The number of para-hydroxylation sites is 2. The predicted octanol–water partition coefficient (Wildman–Crippen LogP) is 3.58. The van der Waals surface area contributed by atoms with Crippen molar-refractivity contribution in [2.45, 2.75) is 0 Å². The zero-order valence-corrected chi connectivity index (χ0v) is 12.9. The van der Waals surface area contributed by atoms with Crippen LogP contribution in [-0.2, 0) is 0 Å². The quantitative estimate of drug-likeness (QED) is 0.815. The fraction of sp³-hybridized carbons (Fsp3) is 0. The van der Waals surface area contributed by atoms with Gasteiger partial charge in [-0.2, -0.15) is 5.10 Å². The second-order valence-electron chi connectivity index (χ2n) is 4.63. The van der Waals surface area contributed by atoms with Crippen LogP contribution in [0, 0.1) is 0 Å². The molecule has 0 unspecified atom stereocenters. The first-order valence-corrected chi connectivity index (χ1v) is 7.32. The third-order valence-corrected chi connectivity index (χ3v) is 3.34. The second-order valence-corrected chi connectivity index (χ2v) is 5.01. The Bertz CT molecular complexity index is 787. The van der Waals surface area contributed by atoms with Crippen molar-refractivity contribution >= 4 is 41.4 Å². The molecule has 0 atom stereocenters. The van der Waals surface area contributed by atoms with E-state index in [9.17, 15) is 4.79 Å². The van der Waals surface area contributed by atoms with Gasteiger partial charge in [0.25, 0.3) is 0 Å². The summed E-state index contributed by atoms with van der Waals surface area (Å²) in [6, 6.07) is 16.4. The van der Waals surface area contributed by atoms with Crippen molar-refractivity contribution in [2.24, 2.45) is 5.10 Å². The van der Waals surface area contributed by atoms with Gasteiger partial charge in [-0.05, 0) is 36.5 Å². The van der Waals surface area contributed by atoms with E-state index in [1.807, 2.05) is 42.5 Å². The molecule has 0 aromatic heterocycles. The number of rotatable bonds is 1. The molecule has 3 rings (SSSR count). The molecule has 1 N–H and O–H groups in total. The molecule has 0 radical (unpaired) electrons. The summed E-state index contributed by atoms with van der Waals surface area (Å²) >= 11 is 5.28. The summed E-state index contributed by atoms with van der Waals surface area (Å²) in [5, 5.41) is 8.38. The number of anilines is 1. The summed E-state index contributed by atoms with van der Waals surface area (Å²) in [5.41, 5.74) is 1.73. The number of nitrogens with one attached hydrogen (secondary N) is 1. The molecule has 1 heterocycles. The molecule has 0 spiro atoms. The van der Waals surface area contributed by atoms with Crippen LogP contribution in [0.1, 0.15) is 5.56 Å². The largest absolute Gasteiger partial charge is 0.418 e. The Morgan fingerprint density at radius 2 is 1.83 bits per heavy atom. The Balaban J connectivity index is 1.72. The Morgan fingerprint density at radius 3 is 2.65 bits per heavy atom. The molecule has 0 fully saturated rings. The molecular formula is C17H13N3O2S. The molecule has 1 aliphatic heterocycles. The predicted molar refractivity (Wildman–Crippen MR) is 94.6 cm³/mol. The number of allylic oxidation sites excluding steroid dienone is 1. The average Bonchev–Trinajstić information content (AvgIpc) is 2.78. The zero-order chi connectivity index (χ0) is 16.1. The molecule has 0 aliphatic carbocycles. The molecular weight excluding hydrogens is 310 g/mol. The van der Waals surface area contributed by atoms with Crippen LogP contribution in [0.5, 0.6) is 5.75 Å². The van der Waals surface area contributed by atoms with E-state index in [4.69, 9.17) is 17.0 Å². The fourth-order valence-electron chi connectivity index (χ4n) is 2.06. The van der Waals surface area contributed by atoms with E-state index in [0.29, 0.717) is 5.75 Å². The highest BCUT2D eigenvalue weighted by Gasteiger charge is 2.17. The highest BCUT2D eigenvalue weighted by Crippen LogP contribution is 2.23. The smallest absolute Gasteiger partial charge is 0.410 e. The van der Waals surface area contributed by atoms with Gasteiger partial charge >= 0.3 is 6.09 Å². The van der Waals surface area contributed by atoms with Crippen LogP contribution in [0.4, 0.5) is 10.5 Å². The number of amides is 1. The van der Waals surface area contributed by atoms with Gasteiger partial charge in [0.05, 0.1) is 5.69 Å². The van der Waals surface area contributed by atoms with Gasteiger partial charge in [-0.25, -0.2) is 9.80 Å². The molecule has 2 aromatic carbocycles. The normalized spacial score (nSPS) is 12.3. The number of hydrogen-bond donors (Lipinski definition) is 1. The van der Waals surface area contributed by atoms with Crippen LogP contribution in [0.3, 0.4) is 0 Å². The molecule has 0 saturated carbocycles. The number of hydrazone groups is 1. The summed E-state index contributed by atoms with van der Waals surface area (Å²) in [6.07, 6.45) is 4.68. The van der Waals surface area contributed by atoms with Gasteiger partial charge in [0.1, 0.15) is 5.75 Å². The fourth-order valence-corrected chi connectivity index (χ4v) is 2.29. The highest BCUT2D eigenvalue weighted by molar-refractivity contribution is 7.80. The minimum absolute atomic E-state index is 0.137. The lowest BCUT2D eigenvalue weighted by Gasteiger charge is -2.20. The van der Waals surface area contributed by atoms with Gasteiger partial charge < -0.3 is 4.74 Å². The molecule has 0 bridgehead atoms. The molecule has 1 aliphatic rings. The second kappa shape index (κ2) is 6.85. The summed E-state index contributed by atoms with van der Waals surface area (Å²) in [4.78, 5) is 11.9. The van der Waals surface area contributed by atoms with Crippen molar-refractivity contribution in [3.63, 3.8) is 0 Å². The van der Waals surface area contributed by atoms with Crippen LogP contribution < -0.4 is 15.1 Å². The zero-order valence-electron chi connectivity index (χ0n) is 12.0. The summed E-state index contributed by atoms with van der Waals surface area (Å²) in [7, 11) is 0. The molecule has 5 nitrogen and oxygen atoms in total. The van der Waals surface area contributed by atoms with E-state index in [0.717, 1.165) is 11.3 Å². The van der Waals surface area contributed by atoms with Crippen molar-refractivity contribution in [2.75, 3.05) is 5.01 Å². The van der Waals surface area contributed by atoms with Crippen molar-refractivity contribution in [3.8, 4) is 5.75 Å². The van der Waals surface area contributed by atoms with Crippen LogP contribution >= 0.6 is 12.2 Å². The summed E-state index contributed by atoms with van der Waals surface area (Å²) in [6.45, 7) is 0. The number of hydrogen-bond acceptors (Lipinski definition) is 4. The number of nitrogens with zero attached hydrogens (tertiary/aromatic N) is 2. The SMILES string of the molecule is O=C(NC(=S)N1N=CC=Cc2ccccc21)Oc1ccccc1. The summed E-state index contributed by atoms with van der Waals surface area (Å²) in [5.74, 6) is 0.439. The van der Waals surface area contributed by atoms with Crippen LogP contribution in [0.2, 0.25) is 0 Å². The third-order valence-electron chi connectivity index (χ3n) is 3.06.